The molecule has 1 aromatic heterocycles. The molecule has 0 saturated carbocycles. The van der Waals surface area contributed by atoms with Crippen LogP contribution in [-0.4, -0.2) is 31.3 Å². The largest absolute Gasteiger partial charge is 0.493 e. The van der Waals surface area contributed by atoms with Crippen molar-refractivity contribution in [3.8, 4) is 11.5 Å². The molecular formula is C20H18BrN3O3. The van der Waals surface area contributed by atoms with Gasteiger partial charge in [-0.2, -0.15) is 5.10 Å². The van der Waals surface area contributed by atoms with Crippen molar-refractivity contribution >= 4 is 39.0 Å². The molecule has 0 aliphatic heterocycles. The number of hydrazone groups is 1. The van der Waals surface area contributed by atoms with E-state index in [1.165, 1.54) is 0 Å². The predicted molar refractivity (Wildman–Crippen MR) is 109 cm³/mol. The molecule has 0 unspecified atom stereocenters. The first-order chi connectivity index (χ1) is 13.0. The molecule has 0 saturated heterocycles. The Balaban J connectivity index is 1.83. The number of methoxy groups -OCH3 is 2. The maximum Gasteiger partial charge on any atom is 0.272 e. The number of pyridine rings is 1. The first kappa shape index (κ1) is 18.8. The number of aromatic nitrogens is 1. The van der Waals surface area contributed by atoms with Crippen molar-refractivity contribution in [2.75, 3.05) is 14.2 Å². The first-order valence-electron chi connectivity index (χ1n) is 8.14. The van der Waals surface area contributed by atoms with Gasteiger partial charge < -0.3 is 9.47 Å². The van der Waals surface area contributed by atoms with Crippen LogP contribution in [0.4, 0.5) is 0 Å². The molecular weight excluding hydrogens is 410 g/mol. The highest BCUT2D eigenvalue weighted by atomic mass is 79.9. The third-order valence-corrected chi connectivity index (χ3v) is 4.51. The Morgan fingerprint density at radius 1 is 1.19 bits per heavy atom. The summed E-state index contributed by atoms with van der Waals surface area (Å²) in [6.45, 7) is 1.85. The lowest BCUT2D eigenvalue weighted by Crippen LogP contribution is -2.18. The summed E-state index contributed by atoms with van der Waals surface area (Å²) in [7, 11) is 3.13. The Bertz CT molecular complexity index is 1030. The minimum absolute atomic E-state index is 0.299. The van der Waals surface area contributed by atoms with Crippen LogP contribution >= 0.6 is 15.9 Å². The lowest BCUT2D eigenvalue weighted by molar-refractivity contribution is 0.0956. The molecule has 0 atom stereocenters. The zero-order chi connectivity index (χ0) is 19.4. The number of benzene rings is 2. The van der Waals surface area contributed by atoms with E-state index in [2.05, 4.69) is 31.4 Å². The van der Waals surface area contributed by atoms with E-state index < -0.39 is 0 Å². The maximum absolute atomic E-state index is 12.6. The van der Waals surface area contributed by atoms with Gasteiger partial charge in [-0.05, 0) is 52.7 Å². The summed E-state index contributed by atoms with van der Waals surface area (Å²) in [5, 5.41) is 4.85. The fourth-order valence-electron chi connectivity index (χ4n) is 2.73. The lowest BCUT2D eigenvalue weighted by atomic mass is 10.1. The second-order valence-electron chi connectivity index (χ2n) is 5.77. The van der Waals surface area contributed by atoms with Gasteiger partial charge in [0.1, 0.15) is 0 Å². The summed E-state index contributed by atoms with van der Waals surface area (Å²) in [4.78, 5) is 17.0. The summed E-state index contributed by atoms with van der Waals surface area (Å²) in [6, 6.07) is 12.9. The third kappa shape index (κ3) is 4.09. The molecule has 2 aromatic carbocycles. The number of carbonyl (C=O) groups excluding carboxylic acids is 1. The zero-order valence-electron chi connectivity index (χ0n) is 15.1. The molecule has 7 heteroatoms. The van der Waals surface area contributed by atoms with Crippen molar-refractivity contribution in [2.24, 2.45) is 5.10 Å². The Morgan fingerprint density at radius 3 is 2.70 bits per heavy atom. The van der Waals surface area contributed by atoms with Crippen LogP contribution in [0.25, 0.3) is 10.9 Å². The molecule has 3 aromatic rings. The number of halogens is 1. The van der Waals surface area contributed by atoms with E-state index in [1.807, 2.05) is 37.3 Å². The summed E-state index contributed by atoms with van der Waals surface area (Å²) < 4.78 is 11.3. The molecule has 1 heterocycles. The van der Waals surface area contributed by atoms with Crippen LogP contribution in [0, 0.1) is 6.92 Å². The number of nitrogens with one attached hydrogen (secondary N) is 1. The number of hydrogen-bond acceptors (Lipinski definition) is 5. The summed E-state index contributed by atoms with van der Waals surface area (Å²) in [5.41, 5.74) is 5.39. The summed E-state index contributed by atoms with van der Waals surface area (Å²) in [6.07, 6.45) is 1.54. The molecule has 3 rings (SSSR count). The minimum atomic E-state index is -0.299. The van der Waals surface area contributed by atoms with Crippen molar-refractivity contribution in [2.45, 2.75) is 6.92 Å². The molecule has 0 aliphatic rings. The van der Waals surface area contributed by atoms with Gasteiger partial charge in [0.2, 0.25) is 0 Å². The fraction of sp³-hybridized carbons (Fsp3) is 0.150. The molecule has 27 heavy (non-hydrogen) atoms. The smallest absolute Gasteiger partial charge is 0.272 e. The Labute approximate surface area is 165 Å². The van der Waals surface area contributed by atoms with Gasteiger partial charge >= 0.3 is 0 Å². The van der Waals surface area contributed by atoms with Gasteiger partial charge in [-0.3, -0.25) is 9.78 Å². The number of carbonyl (C=O) groups is 1. The van der Waals surface area contributed by atoms with E-state index >= 15 is 0 Å². The molecule has 1 N–H and O–H groups in total. The number of para-hydroxylation sites is 1. The Kier molecular flexibility index (Phi) is 5.71. The van der Waals surface area contributed by atoms with Crippen LogP contribution in [0.1, 0.15) is 21.6 Å². The van der Waals surface area contributed by atoms with Gasteiger partial charge in [-0.1, -0.05) is 18.2 Å². The van der Waals surface area contributed by atoms with Gasteiger partial charge in [0.25, 0.3) is 5.91 Å². The highest BCUT2D eigenvalue weighted by Gasteiger charge is 2.12. The average Bonchev–Trinajstić information content (AvgIpc) is 2.66. The normalized spacial score (nSPS) is 11.0. The molecule has 0 bridgehead atoms. The highest BCUT2D eigenvalue weighted by Crippen LogP contribution is 2.35. The number of fused-ring (bicyclic) bond motifs is 1. The SMILES string of the molecule is COc1cc(C=NNC(=O)c2cc(C)nc3ccccc23)cc(Br)c1OC. The Morgan fingerprint density at radius 2 is 1.96 bits per heavy atom. The van der Waals surface area contributed by atoms with Crippen molar-refractivity contribution in [3.05, 3.63) is 63.8 Å². The molecule has 0 radical (unpaired) electrons. The standard InChI is InChI=1S/C20H18BrN3O3/c1-12-8-15(14-6-4-5-7-17(14)23-12)20(25)24-22-11-13-9-16(21)19(27-3)18(10-13)26-2/h4-11H,1-3H3,(H,24,25). The number of rotatable bonds is 5. The topological polar surface area (TPSA) is 72.8 Å². The quantitative estimate of drug-likeness (QED) is 0.491. The van der Waals surface area contributed by atoms with Crippen LogP contribution in [0.2, 0.25) is 0 Å². The van der Waals surface area contributed by atoms with Gasteiger partial charge in [0, 0.05) is 11.1 Å². The fourth-order valence-corrected chi connectivity index (χ4v) is 3.36. The molecule has 1 amide bonds. The summed E-state index contributed by atoms with van der Waals surface area (Å²) in [5.74, 6) is 0.861. The van der Waals surface area contributed by atoms with Crippen molar-refractivity contribution in [1.82, 2.24) is 10.4 Å². The van der Waals surface area contributed by atoms with E-state index in [4.69, 9.17) is 9.47 Å². The van der Waals surface area contributed by atoms with E-state index in [9.17, 15) is 4.79 Å². The number of nitrogens with zero attached hydrogens (tertiary/aromatic N) is 2. The predicted octanol–water partition coefficient (Wildman–Crippen LogP) is 4.09. The van der Waals surface area contributed by atoms with Crippen LogP contribution < -0.4 is 14.9 Å². The molecule has 138 valence electrons. The molecule has 0 fully saturated rings. The number of aryl methyl sites for hydroxylation is 1. The molecule has 0 aliphatic carbocycles. The van der Waals surface area contributed by atoms with Gasteiger partial charge in [0.15, 0.2) is 11.5 Å². The van der Waals surface area contributed by atoms with Crippen molar-refractivity contribution in [3.63, 3.8) is 0 Å². The number of ether oxygens (including phenoxy) is 2. The molecule has 6 nitrogen and oxygen atoms in total. The average molecular weight is 428 g/mol. The summed E-state index contributed by atoms with van der Waals surface area (Å²) >= 11 is 3.43. The monoisotopic (exact) mass is 427 g/mol. The van der Waals surface area contributed by atoms with Crippen LogP contribution in [0.3, 0.4) is 0 Å². The van der Waals surface area contributed by atoms with Gasteiger partial charge in [-0.25, -0.2) is 5.43 Å². The van der Waals surface area contributed by atoms with Crippen LogP contribution in [0.15, 0.2) is 52.0 Å². The van der Waals surface area contributed by atoms with E-state index in [-0.39, 0.29) is 5.91 Å². The van der Waals surface area contributed by atoms with Gasteiger partial charge in [0.05, 0.1) is 36.0 Å². The minimum Gasteiger partial charge on any atom is -0.493 e. The van der Waals surface area contributed by atoms with Crippen LogP contribution in [0.5, 0.6) is 11.5 Å². The van der Waals surface area contributed by atoms with E-state index in [0.29, 0.717) is 17.1 Å². The third-order valence-electron chi connectivity index (χ3n) is 3.92. The number of hydrogen-bond donors (Lipinski definition) is 1. The maximum atomic E-state index is 12.6. The van der Waals surface area contributed by atoms with Crippen molar-refractivity contribution in [1.29, 1.82) is 0 Å². The highest BCUT2D eigenvalue weighted by molar-refractivity contribution is 9.10. The second kappa shape index (κ2) is 8.18. The van der Waals surface area contributed by atoms with E-state index in [1.54, 1.807) is 32.6 Å². The molecule has 0 spiro atoms. The lowest BCUT2D eigenvalue weighted by Gasteiger charge is -2.10. The van der Waals surface area contributed by atoms with Gasteiger partial charge in [-0.15, -0.1) is 0 Å². The first-order valence-corrected chi connectivity index (χ1v) is 8.94. The Hall–Kier alpha value is -2.93. The van der Waals surface area contributed by atoms with Crippen LogP contribution in [-0.2, 0) is 0 Å². The second-order valence-corrected chi connectivity index (χ2v) is 6.62. The van der Waals surface area contributed by atoms with E-state index in [0.717, 1.165) is 26.6 Å². The van der Waals surface area contributed by atoms with Crippen molar-refractivity contribution < 1.29 is 14.3 Å². The number of amides is 1. The zero-order valence-corrected chi connectivity index (χ0v) is 16.7.